The lowest BCUT2D eigenvalue weighted by atomic mass is 10.0. The van der Waals surface area contributed by atoms with Crippen LogP contribution in [0.15, 0.2) is 18.2 Å². The first-order valence-electron chi connectivity index (χ1n) is 6.39. The van der Waals surface area contributed by atoms with Gasteiger partial charge in [-0.1, -0.05) is 12.1 Å². The average molecular weight is 259 g/mol. The van der Waals surface area contributed by atoms with Crippen LogP contribution in [0.4, 0.5) is 0 Å². The Morgan fingerprint density at radius 3 is 2.74 bits per heavy atom. The minimum Gasteiger partial charge on any atom is -0.318 e. The fourth-order valence-corrected chi connectivity index (χ4v) is 2.82. The molecule has 2 aliphatic heterocycles. The van der Waals surface area contributed by atoms with Gasteiger partial charge in [-0.05, 0) is 30.5 Å². The fraction of sp³-hybridized carbons (Fsp3) is 0.357. The minimum absolute atomic E-state index is 0.0974. The van der Waals surface area contributed by atoms with Crippen molar-refractivity contribution in [2.24, 2.45) is 0 Å². The quantitative estimate of drug-likeness (QED) is 0.706. The molecule has 1 atom stereocenters. The van der Waals surface area contributed by atoms with Crippen molar-refractivity contribution in [3.8, 4) is 0 Å². The molecule has 0 aliphatic carbocycles. The van der Waals surface area contributed by atoms with E-state index < -0.39 is 6.04 Å². The Hall–Kier alpha value is -2.01. The lowest BCUT2D eigenvalue weighted by Gasteiger charge is -2.26. The predicted octanol–water partition coefficient (Wildman–Crippen LogP) is -0.270. The fourth-order valence-electron chi connectivity index (χ4n) is 2.82. The zero-order valence-corrected chi connectivity index (χ0v) is 10.7. The Balaban J connectivity index is 1.90. The van der Waals surface area contributed by atoms with Crippen LogP contribution in [-0.2, 0) is 16.1 Å². The summed E-state index contributed by atoms with van der Waals surface area (Å²) in [5, 5.41) is 1.14. The number of hydrogen-bond acceptors (Lipinski definition) is 3. The van der Waals surface area contributed by atoms with Crippen molar-refractivity contribution in [1.82, 2.24) is 4.90 Å². The molecular weight excluding hydrogens is 244 g/mol. The van der Waals surface area contributed by atoms with Crippen molar-refractivity contribution < 1.29 is 19.7 Å². The molecule has 98 valence electrons. The molecule has 0 radical (unpaired) electrons. The molecule has 1 fully saturated rings. The van der Waals surface area contributed by atoms with Crippen molar-refractivity contribution in [1.29, 1.82) is 0 Å². The van der Waals surface area contributed by atoms with Crippen molar-refractivity contribution in [3.05, 3.63) is 34.9 Å². The molecule has 0 aromatic heterocycles. The zero-order valence-electron chi connectivity index (χ0n) is 10.7. The Morgan fingerprint density at radius 1 is 1.26 bits per heavy atom. The molecule has 2 aliphatic rings. The highest BCUT2D eigenvalue weighted by Crippen LogP contribution is 2.28. The van der Waals surface area contributed by atoms with Gasteiger partial charge in [0.2, 0.25) is 0 Å². The van der Waals surface area contributed by atoms with Gasteiger partial charge in [0.25, 0.3) is 5.91 Å². The number of aryl methyl sites for hydroxylation is 1. The van der Waals surface area contributed by atoms with Gasteiger partial charge in [0, 0.05) is 12.1 Å². The van der Waals surface area contributed by atoms with E-state index >= 15 is 0 Å². The van der Waals surface area contributed by atoms with Gasteiger partial charge in [0.15, 0.2) is 0 Å². The third-order valence-electron chi connectivity index (χ3n) is 3.90. The van der Waals surface area contributed by atoms with Crippen LogP contribution in [0.1, 0.15) is 34.3 Å². The molecule has 0 bridgehead atoms. The molecule has 1 aromatic rings. The molecule has 2 heterocycles. The molecule has 1 saturated heterocycles. The molecule has 0 spiro atoms. The maximum atomic E-state index is 12.4. The van der Waals surface area contributed by atoms with E-state index in [-0.39, 0.29) is 17.7 Å². The molecule has 3 rings (SSSR count). The maximum absolute atomic E-state index is 12.4. The van der Waals surface area contributed by atoms with Crippen molar-refractivity contribution >= 4 is 17.7 Å². The summed E-state index contributed by atoms with van der Waals surface area (Å²) in [6.07, 6.45) is 0.780. The number of primary amides is 2. The Kier molecular flexibility index (Phi) is 2.71. The normalized spacial score (nSPS) is 22.9. The number of fused-ring (bicyclic) bond motifs is 1. The van der Waals surface area contributed by atoms with E-state index in [9.17, 15) is 14.4 Å². The van der Waals surface area contributed by atoms with Gasteiger partial charge < -0.3 is 4.90 Å². The number of carbonyl (C=O) groups excluding carboxylic acids is 3. The average Bonchev–Trinajstić information content (AvgIpc) is 2.69. The zero-order chi connectivity index (χ0) is 13.6. The maximum Gasteiger partial charge on any atom is 0.340 e. The predicted molar refractivity (Wildman–Crippen MR) is 66.0 cm³/mol. The summed E-state index contributed by atoms with van der Waals surface area (Å²) in [7, 11) is 0. The van der Waals surface area contributed by atoms with Gasteiger partial charge in [-0.15, -0.1) is 0 Å². The molecule has 19 heavy (non-hydrogen) atoms. The number of rotatable bonds is 1. The first-order valence-corrected chi connectivity index (χ1v) is 6.39. The van der Waals surface area contributed by atoms with Gasteiger partial charge >= 0.3 is 11.8 Å². The van der Waals surface area contributed by atoms with E-state index in [1.54, 1.807) is 11.0 Å². The number of nitrogens with two attached hydrogens (primary N) is 1. The molecule has 0 saturated carbocycles. The second-order valence-corrected chi connectivity index (χ2v) is 5.10. The van der Waals surface area contributed by atoms with Crippen LogP contribution in [0.25, 0.3) is 0 Å². The summed E-state index contributed by atoms with van der Waals surface area (Å²) in [5.74, 6) is -0.476. The highest BCUT2D eigenvalue weighted by Gasteiger charge is 2.42. The van der Waals surface area contributed by atoms with Crippen LogP contribution in [0.3, 0.4) is 0 Å². The number of carbonyl (C=O) groups is 3. The number of nitrogens with zero attached hydrogens (tertiary/aromatic N) is 1. The number of benzene rings is 1. The first kappa shape index (κ1) is 12.0. The van der Waals surface area contributed by atoms with E-state index in [0.717, 1.165) is 16.4 Å². The van der Waals surface area contributed by atoms with Crippen molar-refractivity contribution in [2.45, 2.75) is 32.4 Å². The highest BCUT2D eigenvalue weighted by molar-refractivity contribution is 6.01. The van der Waals surface area contributed by atoms with Crippen LogP contribution < -0.4 is 5.32 Å². The van der Waals surface area contributed by atoms with E-state index in [4.69, 9.17) is 0 Å². The molecule has 3 amide bonds. The van der Waals surface area contributed by atoms with Crippen LogP contribution in [0.2, 0.25) is 0 Å². The lowest BCUT2D eigenvalue weighted by Crippen LogP contribution is -2.96. The van der Waals surface area contributed by atoms with E-state index in [0.29, 0.717) is 24.9 Å². The standard InChI is InChI=1S/C14H14N2O3/c1-8-3-2-4-9-10(8)7-16(14(9)19)11-5-6-12(17)15-13(11)18/h2-4,11H,5-7H2,1H3,(H,15,17,18)/p+1. The Bertz CT molecular complexity index is 594. The summed E-state index contributed by atoms with van der Waals surface area (Å²) in [4.78, 5) is 37.1. The summed E-state index contributed by atoms with van der Waals surface area (Å²) in [6.45, 7) is 2.44. The SMILES string of the molecule is Cc1cccc2c1CN(C1CCC(=O)[NH2+]C1=O)C2=O. The van der Waals surface area contributed by atoms with Gasteiger partial charge in [-0.3, -0.25) is 4.79 Å². The monoisotopic (exact) mass is 259 g/mol. The lowest BCUT2D eigenvalue weighted by molar-refractivity contribution is -0.495. The summed E-state index contributed by atoms with van der Waals surface area (Å²) < 4.78 is 0. The molecule has 5 nitrogen and oxygen atoms in total. The summed E-state index contributed by atoms with van der Waals surface area (Å²) in [6, 6.07) is 5.14. The summed E-state index contributed by atoms with van der Waals surface area (Å²) in [5.41, 5.74) is 2.75. The number of quaternary nitrogens is 1. The smallest absolute Gasteiger partial charge is 0.318 e. The third kappa shape index (κ3) is 1.86. The van der Waals surface area contributed by atoms with E-state index in [1.165, 1.54) is 0 Å². The molecule has 5 heteroatoms. The van der Waals surface area contributed by atoms with Crippen LogP contribution in [0, 0.1) is 6.92 Å². The molecule has 1 aromatic carbocycles. The molecule has 2 N–H and O–H groups in total. The van der Waals surface area contributed by atoms with Crippen molar-refractivity contribution in [2.75, 3.05) is 0 Å². The molecular formula is C14H15N2O3+. The Labute approximate surface area is 110 Å². The highest BCUT2D eigenvalue weighted by atomic mass is 16.2. The van der Waals surface area contributed by atoms with Crippen molar-refractivity contribution in [3.63, 3.8) is 0 Å². The van der Waals surface area contributed by atoms with Gasteiger partial charge in [-0.25, -0.2) is 14.9 Å². The second kappa shape index (κ2) is 4.28. The van der Waals surface area contributed by atoms with Gasteiger partial charge in [0.1, 0.15) is 6.04 Å². The van der Waals surface area contributed by atoms with Crippen LogP contribution in [-0.4, -0.2) is 28.7 Å². The third-order valence-corrected chi connectivity index (χ3v) is 3.90. The van der Waals surface area contributed by atoms with Crippen LogP contribution in [0.5, 0.6) is 0 Å². The number of piperidine rings is 1. The second-order valence-electron chi connectivity index (χ2n) is 5.10. The molecule has 1 unspecified atom stereocenters. The van der Waals surface area contributed by atoms with E-state index in [1.807, 2.05) is 19.1 Å². The minimum atomic E-state index is -0.475. The van der Waals surface area contributed by atoms with Gasteiger partial charge in [0.05, 0.1) is 6.42 Å². The Morgan fingerprint density at radius 2 is 2.05 bits per heavy atom. The van der Waals surface area contributed by atoms with E-state index in [2.05, 4.69) is 0 Å². The summed E-state index contributed by atoms with van der Waals surface area (Å²) >= 11 is 0. The first-order chi connectivity index (χ1) is 9.08. The largest absolute Gasteiger partial charge is 0.340 e. The topological polar surface area (TPSA) is 71.1 Å². The number of imide groups is 1. The van der Waals surface area contributed by atoms with Crippen LogP contribution >= 0.6 is 0 Å². The number of hydrogen-bond donors (Lipinski definition) is 1. The van der Waals surface area contributed by atoms with Gasteiger partial charge in [-0.2, -0.15) is 0 Å². The number of amides is 3.